The first-order valence-corrected chi connectivity index (χ1v) is 6.76. The molecule has 5 heteroatoms. The van der Waals surface area contributed by atoms with Crippen molar-refractivity contribution < 1.29 is 13.6 Å². The van der Waals surface area contributed by atoms with Gasteiger partial charge in [-0.1, -0.05) is 0 Å². The van der Waals surface area contributed by atoms with Crippen molar-refractivity contribution in [2.75, 3.05) is 33.2 Å². The van der Waals surface area contributed by atoms with Crippen LogP contribution in [-0.4, -0.2) is 54.9 Å². The Labute approximate surface area is 106 Å². The number of hydrogen-bond donors (Lipinski definition) is 0. The summed E-state index contributed by atoms with van der Waals surface area (Å²) in [5, 5.41) is 0. The average molecular weight is 258 g/mol. The number of hydrogen-bond acceptors (Lipinski definition) is 2. The molecule has 0 radical (unpaired) electrons. The normalized spacial score (nSPS) is 36.6. The molecule has 1 saturated carbocycles. The van der Waals surface area contributed by atoms with Crippen LogP contribution in [0, 0.1) is 11.3 Å². The highest BCUT2D eigenvalue weighted by molar-refractivity contribution is 5.88. The first-order valence-electron chi connectivity index (χ1n) is 6.76. The van der Waals surface area contributed by atoms with Crippen molar-refractivity contribution in [2.24, 2.45) is 11.3 Å². The fraction of sp³-hybridized carbons (Fsp3) is 0.923. The van der Waals surface area contributed by atoms with Crippen LogP contribution in [0.25, 0.3) is 0 Å². The third-order valence-electron chi connectivity index (χ3n) is 4.69. The second-order valence-corrected chi connectivity index (χ2v) is 6.41. The van der Waals surface area contributed by atoms with Gasteiger partial charge in [0, 0.05) is 39.5 Å². The molecule has 2 saturated heterocycles. The molecule has 2 aliphatic heterocycles. The van der Waals surface area contributed by atoms with E-state index in [4.69, 9.17) is 0 Å². The summed E-state index contributed by atoms with van der Waals surface area (Å²) in [6.45, 7) is 3.32. The van der Waals surface area contributed by atoms with Crippen molar-refractivity contribution in [1.82, 2.24) is 9.80 Å². The van der Waals surface area contributed by atoms with Crippen LogP contribution in [0.4, 0.5) is 8.78 Å². The molecule has 0 N–H and O–H groups in total. The van der Waals surface area contributed by atoms with Gasteiger partial charge in [0.25, 0.3) is 0 Å². The van der Waals surface area contributed by atoms with Gasteiger partial charge in [-0.3, -0.25) is 4.79 Å². The topological polar surface area (TPSA) is 23.6 Å². The smallest absolute Gasteiger partial charge is 0.248 e. The van der Waals surface area contributed by atoms with Crippen LogP contribution in [-0.2, 0) is 4.79 Å². The molecule has 0 aromatic rings. The van der Waals surface area contributed by atoms with E-state index in [-0.39, 0.29) is 30.1 Å². The second-order valence-electron chi connectivity index (χ2n) is 6.41. The molecule has 3 rings (SSSR count). The van der Waals surface area contributed by atoms with Crippen LogP contribution in [0.3, 0.4) is 0 Å². The zero-order valence-electron chi connectivity index (χ0n) is 10.8. The fourth-order valence-corrected chi connectivity index (χ4v) is 3.87. The molecule has 1 amide bonds. The number of nitrogens with zero attached hydrogens (tertiary/aromatic N) is 2. The van der Waals surface area contributed by atoms with Gasteiger partial charge in [-0.25, -0.2) is 8.78 Å². The Morgan fingerprint density at radius 3 is 2.61 bits per heavy atom. The molecule has 0 bridgehead atoms. The van der Waals surface area contributed by atoms with E-state index < -0.39 is 5.92 Å². The Hall–Kier alpha value is -0.710. The van der Waals surface area contributed by atoms with E-state index in [1.807, 2.05) is 7.05 Å². The van der Waals surface area contributed by atoms with Crippen LogP contribution < -0.4 is 0 Å². The van der Waals surface area contributed by atoms with E-state index >= 15 is 0 Å². The van der Waals surface area contributed by atoms with E-state index in [1.54, 1.807) is 4.90 Å². The summed E-state index contributed by atoms with van der Waals surface area (Å²) in [5.74, 6) is -2.06. The number of β-lactam (4-membered cyclic amide) rings is 1. The molecule has 0 aromatic heterocycles. The molecule has 1 unspecified atom stereocenters. The second kappa shape index (κ2) is 3.89. The van der Waals surface area contributed by atoms with Gasteiger partial charge < -0.3 is 9.80 Å². The molecule has 1 atom stereocenters. The molecular formula is C13H20F2N2O. The largest absolute Gasteiger partial charge is 0.344 e. The molecule has 102 valence electrons. The summed E-state index contributed by atoms with van der Waals surface area (Å²) in [5.41, 5.74) is -0.181. The summed E-state index contributed by atoms with van der Waals surface area (Å²) in [4.78, 5) is 15.9. The van der Waals surface area contributed by atoms with Gasteiger partial charge in [0.15, 0.2) is 0 Å². The molecule has 18 heavy (non-hydrogen) atoms. The number of carbonyl (C=O) groups excluding carboxylic acids is 1. The van der Waals surface area contributed by atoms with Gasteiger partial charge in [-0.05, 0) is 25.3 Å². The van der Waals surface area contributed by atoms with E-state index in [2.05, 4.69) is 4.90 Å². The van der Waals surface area contributed by atoms with Gasteiger partial charge in [0.1, 0.15) is 0 Å². The van der Waals surface area contributed by atoms with Crippen molar-refractivity contribution in [3.05, 3.63) is 0 Å². The number of amides is 1. The molecule has 2 heterocycles. The highest BCUT2D eigenvalue weighted by atomic mass is 19.3. The van der Waals surface area contributed by atoms with E-state index in [1.165, 1.54) is 0 Å². The number of carbonyl (C=O) groups is 1. The first kappa shape index (κ1) is 12.3. The van der Waals surface area contributed by atoms with Gasteiger partial charge in [0.05, 0.1) is 5.41 Å². The lowest BCUT2D eigenvalue weighted by Crippen LogP contribution is -2.66. The standard InChI is InChI=1S/C13H20F2N2O/c1-16-8-12(11(16)18)3-2-4-17(9-12)7-10-5-13(14,15)6-10/h10H,2-9H2,1H3. The first-order chi connectivity index (χ1) is 8.40. The van der Waals surface area contributed by atoms with Crippen LogP contribution >= 0.6 is 0 Å². The fourth-order valence-electron chi connectivity index (χ4n) is 3.87. The number of piperidine rings is 1. The number of halogens is 2. The van der Waals surface area contributed by atoms with Gasteiger partial charge in [-0.15, -0.1) is 0 Å². The molecule has 3 nitrogen and oxygen atoms in total. The minimum atomic E-state index is -2.43. The minimum Gasteiger partial charge on any atom is -0.344 e. The highest BCUT2D eigenvalue weighted by Crippen LogP contribution is 2.44. The van der Waals surface area contributed by atoms with Crippen molar-refractivity contribution in [2.45, 2.75) is 31.6 Å². The quantitative estimate of drug-likeness (QED) is 0.702. The minimum absolute atomic E-state index is 0.0321. The number of likely N-dealkylation sites (tertiary alicyclic amines) is 2. The Balaban J connectivity index is 1.54. The van der Waals surface area contributed by atoms with Gasteiger partial charge in [0.2, 0.25) is 11.8 Å². The monoisotopic (exact) mass is 258 g/mol. The SMILES string of the molecule is CN1CC2(CCCN(CC3CC(F)(F)C3)C2)C1=O. The van der Waals surface area contributed by atoms with E-state index in [0.717, 1.165) is 39.0 Å². The van der Waals surface area contributed by atoms with Crippen LogP contribution in [0.2, 0.25) is 0 Å². The van der Waals surface area contributed by atoms with Crippen LogP contribution in [0.15, 0.2) is 0 Å². The van der Waals surface area contributed by atoms with Gasteiger partial charge >= 0.3 is 0 Å². The van der Waals surface area contributed by atoms with E-state index in [0.29, 0.717) is 0 Å². The van der Waals surface area contributed by atoms with Crippen molar-refractivity contribution >= 4 is 5.91 Å². The number of rotatable bonds is 2. The zero-order chi connectivity index (χ0) is 13.0. The van der Waals surface area contributed by atoms with Crippen molar-refractivity contribution in [3.63, 3.8) is 0 Å². The molecular weight excluding hydrogens is 238 g/mol. The summed E-state index contributed by atoms with van der Waals surface area (Å²) in [6.07, 6.45) is 2.05. The lowest BCUT2D eigenvalue weighted by Gasteiger charge is -2.53. The summed E-state index contributed by atoms with van der Waals surface area (Å²) < 4.78 is 25.6. The molecule has 0 aromatic carbocycles. The summed E-state index contributed by atoms with van der Waals surface area (Å²) in [6, 6.07) is 0. The Morgan fingerprint density at radius 2 is 2.06 bits per heavy atom. The van der Waals surface area contributed by atoms with Crippen LogP contribution in [0.1, 0.15) is 25.7 Å². The predicted molar refractivity (Wildman–Crippen MR) is 63.4 cm³/mol. The third-order valence-corrected chi connectivity index (χ3v) is 4.69. The Bertz CT molecular complexity index is 362. The predicted octanol–water partition coefficient (Wildman–Crippen LogP) is 1.59. The molecule has 1 spiro atoms. The lowest BCUT2D eigenvalue weighted by molar-refractivity contribution is -0.165. The highest BCUT2D eigenvalue weighted by Gasteiger charge is 2.53. The molecule has 3 aliphatic rings. The van der Waals surface area contributed by atoms with Gasteiger partial charge in [-0.2, -0.15) is 0 Å². The zero-order valence-corrected chi connectivity index (χ0v) is 10.8. The van der Waals surface area contributed by atoms with Crippen molar-refractivity contribution in [3.8, 4) is 0 Å². The summed E-state index contributed by atoms with van der Waals surface area (Å²) >= 11 is 0. The maximum Gasteiger partial charge on any atom is 0.248 e. The summed E-state index contributed by atoms with van der Waals surface area (Å²) in [7, 11) is 1.83. The van der Waals surface area contributed by atoms with Crippen molar-refractivity contribution in [1.29, 1.82) is 0 Å². The number of alkyl halides is 2. The Morgan fingerprint density at radius 1 is 1.33 bits per heavy atom. The maximum atomic E-state index is 12.8. The molecule has 3 fully saturated rings. The Kier molecular flexibility index (Phi) is 2.66. The maximum absolute atomic E-state index is 12.8. The van der Waals surface area contributed by atoms with Crippen LogP contribution in [0.5, 0.6) is 0 Å². The van der Waals surface area contributed by atoms with E-state index in [9.17, 15) is 13.6 Å². The lowest BCUT2D eigenvalue weighted by atomic mass is 9.72. The molecule has 1 aliphatic carbocycles. The average Bonchev–Trinajstić information content (AvgIpc) is 2.27. The third kappa shape index (κ3) is 1.92.